The van der Waals surface area contributed by atoms with Crippen molar-refractivity contribution in [1.82, 2.24) is 10.2 Å². The van der Waals surface area contributed by atoms with Crippen LogP contribution in [0.2, 0.25) is 0 Å². The Morgan fingerprint density at radius 2 is 2.38 bits per heavy atom. The quantitative estimate of drug-likeness (QED) is 0.723. The molecule has 0 bridgehead atoms. The molecule has 13 heavy (non-hydrogen) atoms. The van der Waals surface area contributed by atoms with Crippen molar-refractivity contribution in [3.63, 3.8) is 0 Å². The van der Waals surface area contributed by atoms with Gasteiger partial charge in [-0.05, 0) is 25.0 Å². The van der Waals surface area contributed by atoms with E-state index in [4.69, 9.17) is 5.73 Å². The molecule has 4 nitrogen and oxygen atoms in total. The zero-order chi connectivity index (χ0) is 9.68. The molecule has 1 aromatic heterocycles. The Bertz CT molecular complexity index is 258. The van der Waals surface area contributed by atoms with Crippen LogP contribution in [0.15, 0.2) is 12.3 Å². The molecule has 0 aliphatic heterocycles. The molecule has 1 heterocycles. The predicted octanol–water partition coefficient (Wildman–Crippen LogP) is 0.934. The second-order valence-corrected chi connectivity index (χ2v) is 3.10. The third-order valence-electron chi connectivity index (χ3n) is 1.92. The number of nitrogens with zero attached hydrogens (tertiary/aromatic N) is 2. The standard InChI is InChI=1S/C9H16N4/c1-3-8(5-10)12-9-4-7(2)6-11-13-9/h4,6,8H,3,5,10H2,1-2H3,(H,12,13). The average Bonchev–Trinajstić information content (AvgIpc) is 2.14. The average molecular weight is 180 g/mol. The zero-order valence-corrected chi connectivity index (χ0v) is 8.12. The van der Waals surface area contributed by atoms with E-state index >= 15 is 0 Å². The molecular formula is C9H16N4. The van der Waals surface area contributed by atoms with Gasteiger partial charge in [0.15, 0.2) is 0 Å². The largest absolute Gasteiger partial charge is 0.365 e. The highest BCUT2D eigenvalue weighted by atomic mass is 15.2. The lowest BCUT2D eigenvalue weighted by atomic mass is 10.2. The maximum Gasteiger partial charge on any atom is 0.149 e. The van der Waals surface area contributed by atoms with Crippen LogP contribution in [0, 0.1) is 6.92 Å². The Labute approximate surface area is 78.6 Å². The molecular weight excluding hydrogens is 164 g/mol. The van der Waals surface area contributed by atoms with Crippen molar-refractivity contribution in [3.8, 4) is 0 Å². The van der Waals surface area contributed by atoms with Gasteiger partial charge in [0.1, 0.15) is 5.82 Å². The van der Waals surface area contributed by atoms with Crippen molar-refractivity contribution >= 4 is 5.82 Å². The lowest BCUT2D eigenvalue weighted by molar-refractivity contribution is 0.697. The number of anilines is 1. The first-order valence-electron chi connectivity index (χ1n) is 4.52. The van der Waals surface area contributed by atoms with Gasteiger partial charge in [-0.1, -0.05) is 6.92 Å². The van der Waals surface area contributed by atoms with Crippen LogP contribution in [-0.4, -0.2) is 22.8 Å². The number of rotatable bonds is 4. The van der Waals surface area contributed by atoms with Crippen LogP contribution in [0.3, 0.4) is 0 Å². The van der Waals surface area contributed by atoms with Gasteiger partial charge in [0.25, 0.3) is 0 Å². The molecule has 0 aliphatic rings. The number of aryl methyl sites for hydroxylation is 1. The first kappa shape index (κ1) is 9.92. The van der Waals surface area contributed by atoms with Crippen molar-refractivity contribution < 1.29 is 0 Å². The fraction of sp³-hybridized carbons (Fsp3) is 0.556. The topological polar surface area (TPSA) is 63.8 Å². The number of hydrogen-bond acceptors (Lipinski definition) is 4. The predicted molar refractivity (Wildman–Crippen MR) is 53.5 cm³/mol. The van der Waals surface area contributed by atoms with Crippen LogP contribution in [0.1, 0.15) is 18.9 Å². The van der Waals surface area contributed by atoms with E-state index in [1.165, 1.54) is 0 Å². The van der Waals surface area contributed by atoms with Crippen molar-refractivity contribution in [1.29, 1.82) is 0 Å². The van der Waals surface area contributed by atoms with Crippen molar-refractivity contribution in [2.75, 3.05) is 11.9 Å². The molecule has 0 amide bonds. The highest BCUT2D eigenvalue weighted by Gasteiger charge is 2.03. The summed E-state index contributed by atoms with van der Waals surface area (Å²) in [5.41, 5.74) is 6.66. The second kappa shape index (κ2) is 4.77. The maximum atomic E-state index is 5.56. The fourth-order valence-electron chi connectivity index (χ4n) is 1.07. The SMILES string of the molecule is CCC(CN)Nc1cc(C)cnn1. The normalized spacial score (nSPS) is 12.5. The lowest BCUT2D eigenvalue weighted by Crippen LogP contribution is -2.28. The molecule has 0 radical (unpaired) electrons. The van der Waals surface area contributed by atoms with E-state index in [1.807, 2.05) is 13.0 Å². The Kier molecular flexibility index (Phi) is 3.64. The molecule has 0 aliphatic carbocycles. The Morgan fingerprint density at radius 1 is 1.62 bits per heavy atom. The van der Waals surface area contributed by atoms with Gasteiger partial charge in [0.2, 0.25) is 0 Å². The van der Waals surface area contributed by atoms with E-state index in [-0.39, 0.29) is 6.04 Å². The molecule has 1 atom stereocenters. The Morgan fingerprint density at radius 3 is 2.92 bits per heavy atom. The highest BCUT2D eigenvalue weighted by molar-refractivity contribution is 5.36. The molecule has 3 N–H and O–H groups in total. The molecule has 4 heteroatoms. The van der Waals surface area contributed by atoms with E-state index in [2.05, 4.69) is 22.4 Å². The summed E-state index contributed by atoms with van der Waals surface area (Å²) in [7, 11) is 0. The number of nitrogens with two attached hydrogens (primary N) is 1. The van der Waals surface area contributed by atoms with Gasteiger partial charge >= 0.3 is 0 Å². The molecule has 1 aromatic rings. The van der Waals surface area contributed by atoms with Crippen LogP contribution in [0.25, 0.3) is 0 Å². The van der Waals surface area contributed by atoms with Crippen molar-refractivity contribution in [2.45, 2.75) is 26.3 Å². The van der Waals surface area contributed by atoms with Crippen LogP contribution >= 0.6 is 0 Å². The highest BCUT2D eigenvalue weighted by Crippen LogP contribution is 2.05. The van der Waals surface area contributed by atoms with Gasteiger partial charge in [-0.15, -0.1) is 5.10 Å². The van der Waals surface area contributed by atoms with E-state index in [0.717, 1.165) is 17.8 Å². The molecule has 0 spiro atoms. The van der Waals surface area contributed by atoms with Crippen LogP contribution in [0.5, 0.6) is 0 Å². The smallest absolute Gasteiger partial charge is 0.149 e. The minimum Gasteiger partial charge on any atom is -0.365 e. The van der Waals surface area contributed by atoms with E-state index in [1.54, 1.807) is 6.20 Å². The van der Waals surface area contributed by atoms with Crippen molar-refractivity contribution in [3.05, 3.63) is 17.8 Å². The Hall–Kier alpha value is -1.16. The number of nitrogens with one attached hydrogen (secondary N) is 1. The van der Waals surface area contributed by atoms with Crippen LogP contribution in [-0.2, 0) is 0 Å². The second-order valence-electron chi connectivity index (χ2n) is 3.10. The summed E-state index contributed by atoms with van der Waals surface area (Å²) in [4.78, 5) is 0. The zero-order valence-electron chi connectivity index (χ0n) is 8.12. The van der Waals surface area contributed by atoms with E-state index in [9.17, 15) is 0 Å². The summed E-state index contributed by atoms with van der Waals surface area (Å²) in [5.74, 6) is 0.803. The van der Waals surface area contributed by atoms with E-state index in [0.29, 0.717) is 6.54 Å². The summed E-state index contributed by atoms with van der Waals surface area (Å²) >= 11 is 0. The molecule has 1 rings (SSSR count). The summed E-state index contributed by atoms with van der Waals surface area (Å²) in [6.45, 7) is 4.70. The van der Waals surface area contributed by atoms with Gasteiger partial charge in [-0.25, -0.2) is 0 Å². The van der Waals surface area contributed by atoms with Crippen molar-refractivity contribution in [2.24, 2.45) is 5.73 Å². The van der Waals surface area contributed by atoms with Gasteiger partial charge < -0.3 is 11.1 Å². The summed E-state index contributed by atoms with van der Waals surface area (Å²) in [6.07, 6.45) is 2.72. The molecule has 0 saturated heterocycles. The summed E-state index contributed by atoms with van der Waals surface area (Å²) in [6, 6.07) is 2.25. The van der Waals surface area contributed by atoms with Crippen LogP contribution < -0.4 is 11.1 Å². The molecule has 1 unspecified atom stereocenters. The summed E-state index contributed by atoms with van der Waals surface area (Å²) in [5, 5.41) is 11.0. The molecule has 0 fully saturated rings. The fourth-order valence-corrected chi connectivity index (χ4v) is 1.07. The third kappa shape index (κ3) is 2.99. The molecule has 0 saturated carbocycles. The van der Waals surface area contributed by atoms with Gasteiger partial charge in [-0.3, -0.25) is 0 Å². The minimum absolute atomic E-state index is 0.288. The molecule has 0 aromatic carbocycles. The van der Waals surface area contributed by atoms with E-state index < -0.39 is 0 Å². The summed E-state index contributed by atoms with van der Waals surface area (Å²) < 4.78 is 0. The first-order chi connectivity index (χ1) is 6.26. The maximum absolute atomic E-state index is 5.56. The van der Waals surface area contributed by atoms with Crippen LogP contribution in [0.4, 0.5) is 5.82 Å². The minimum atomic E-state index is 0.288. The number of aromatic nitrogens is 2. The van der Waals surface area contributed by atoms with Gasteiger partial charge in [-0.2, -0.15) is 5.10 Å². The monoisotopic (exact) mass is 180 g/mol. The number of hydrogen-bond donors (Lipinski definition) is 2. The third-order valence-corrected chi connectivity index (χ3v) is 1.92. The van der Waals surface area contributed by atoms with Gasteiger partial charge in [0.05, 0.1) is 6.20 Å². The Balaban J connectivity index is 2.62. The lowest BCUT2D eigenvalue weighted by Gasteiger charge is -2.14. The van der Waals surface area contributed by atoms with Gasteiger partial charge in [0, 0.05) is 12.6 Å². The first-order valence-corrected chi connectivity index (χ1v) is 4.52. The molecule has 72 valence electrons.